The highest BCUT2D eigenvalue weighted by atomic mass is 16.6. The number of ether oxygens (including phenoxy) is 1. The fourth-order valence-electron chi connectivity index (χ4n) is 2.81. The van der Waals surface area contributed by atoms with Gasteiger partial charge in [0.1, 0.15) is 0 Å². The molecular formula is C20H17N7O4. The Morgan fingerprint density at radius 2 is 1.90 bits per heavy atom. The predicted octanol–water partition coefficient (Wildman–Crippen LogP) is 2.68. The molecule has 11 heteroatoms. The van der Waals surface area contributed by atoms with Gasteiger partial charge >= 0.3 is 5.97 Å². The van der Waals surface area contributed by atoms with Gasteiger partial charge in [0, 0.05) is 30.3 Å². The molecule has 0 saturated heterocycles. The number of hydrogen-bond donors (Lipinski definition) is 0. The van der Waals surface area contributed by atoms with Crippen LogP contribution in [-0.4, -0.2) is 47.5 Å². The van der Waals surface area contributed by atoms with E-state index in [2.05, 4.69) is 20.5 Å². The first-order valence-electron chi connectivity index (χ1n) is 9.41. The average Bonchev–Trinajstić information content (AvgIpc) is 3.47. The van der Waals surface area contributed by atoms with E-state index >= 15 is 0 Å². The van der Waals surface area contributed by atoms with Gasteiger partial charge in [-0.1, -0.05) is 36.4 Å². The summed E-state index contributed by atoms with van der Waals surface area (Å²) in [5, 5.41) is 27.4. The number of nitrogens with zero attached hydrogens (tertiary/aromatic N) is 7. The maximum atomic E-state index is 12.2. The maximum Gasteiger partial charge on any atom is 0.358 e. The van der Waals surface area contributed by atoms with Crippen molar-refractivity contribution in [2.45, 2.75) is 13.0 Å². The maximum absolute atomic E-state index is 12.2. The number of nitro benzene ring substituents is 1. The molecule has 0 aliphatic carbocycles. The van der Waals surface area contributed by atoms with Gasteiger partial charge in [0.2, 0.25) is 5.82 Å². The number of tetrazole rings is 1. The van der Waals surface area contributed by atoms with Crippen molar-refractivity contribution >= 4 is 11.7 Å². The summed E-state index contributed by atoms with van der Waals surface area (Å²) in [6.45, 7) is 0.597. The van der Waals surface area contributed by atoms with Crippen LogP contribution in [0.2, 0.25) is 0 Å². The molecule has 0 amide bonds. The number of aromatic nitrogens is 6. The van der Waals surface area contributed by atoms with E-state index in [1.54, 1.807) is 18.3 Å². The molecule has 0 N–H and O–H groups in total. The Kier molecular flexibility index (Phi) is 5.74. The molecule has 0 radical (unpaired) electrons. The van der Waals surface area contributed by atoms with Crippen LogP contribution in [-0.2, 0) is 11.3 Å². The molecule has 31 heavy (non-hydrogen) atoms. The predicted molar refractivity (Wildman–Crippen MR) is 108 cm³/mol. The first-order valence-corrected chi connectivity index (χ1v) is 9.41. The lowest BCUT2D eigenvalue weighted by atomic mass is 10.2. The van der Waals surface area contributed by atoms with Crippen molar-refractivity contribution in [2.75, 3.05) is 6.61 Å². The molecule has 0 unspecified atom stereocenters. The highest BCUT2D eigenvalue weighted by Crippen LogP contribution is 2.16. The molecule has 11 nitrogen and oxygen atoms in total. The monoisotopic (exact) mass is 419 g/mol. The highest BCUT2D eigenvalue weighted by molar-refractivity contribution is 5.87. The smallest absolute Gasteiger partial charge is 0.358 e. The van der Waals surface area contributed by atoms with Crippen molar-refractivity contribution in [1.29, 1.82) is 0 Å². The summed E-state index contributed by atoms with van der Waals surface area (Å²) in [5.41, 5.74) is 1.39. The molecular weight excluding hydrogens is 402 g/mol. The summed E-state index contributed by atoms with van der Waals surface area (Å²) in [6.07, 6.45) is 2.04. The normalized spacial score (nSPS) is 10.7. The zero-order valence-electron chi connectivity index (χ0n) is 16.2. The molecule has 0 saturated carbocycles. The van der Waals surface area contributed by atoms with E-state index in [1.807, 2.05) is 30.3 Å². The van der Waals surface area contributed by atoms with Crippen molar-refractivity contribution in [3.05, 3.63) is 82.7 Å². The summed E-state index contributed by atoms with van der Waals surface area (Å²) >= 11 is 0. The number of benzene rings is 2. The molecule has 156 valence electrons. The molecule has 0 aliphatic rings. The van der Waals surface area contributed by atoms with Crippen LogP contribution in [0.25, 0.3) is 17.1 Å². The topological polar surface area (TPSA) is 131 Å². The van der Waals surface area contributed by atoms with E-state index in [-0.39, 0.29) is 18.0 Å². The van der Waals surface area contributed by atoms with Gasteiger partial charge in [-0.15, -0.1) is 10.2 Å². The Morgan fingerprint density at radius 1 is 1.06 bits per heavy atom. The van der Waals surface area contributed by atoms with E-state index in [9.17, 15) is 14.9 Å². The van der Waals surface area contributed by atoms with Gasteiger partial charge in [0.05, 0.1) is 23.8 Å². The van der Waals surface area contributed by atoms with Gasteiger partial charge in [-0.3, -0.25) is 10.1 Å². The summed E-state index contributed by atoms with van der Waals surface area (Å²) in [6, 6.07) is 17.0. The van der Waals surface area contributed by atoms with Crippen LogP contribution in [0.4, 0.5) is 5.69 Å². The molecule has 0 aliphatic heterocycles. The van der Waals surface area contributed by atoms with Crippen molar-refractivity contribution in [1.82, 2.24) is 30.0 Å². The molecule has 4 aromatic rings. The Labute approximate surface area is 176 Å². The van der Waals surface area contributed by atoms with Gasteiger partial charge in [0.15, 0.2) is 5.69 Å². The van der Waals surface area contributed by atoms with E-state index in [1.165, 1.54) is 27.7 Å². The Balaban J connectivity index is 1.29. The van der Waals surface area contributed by atoms with E-state index in [0.717, 1.165) is 5.56 Å². The number of carbonyl (C=O) groups excluding carboxylic acids is 1. The first kappa shape index (κ1) is 19.9. The Bertz CT molecular complexity index is 1200. The number of nitro groups is 1. The lowest BCUT2D eigenvalue weighted by Gasteiger charge is -2.03. The van der Waals surface area contributed by atoms with Crippen molar-refractivity contribution in [3.8, 4) is 17.1 Å². The van der Waals surface area contributed by atoms with Crippen LogP contribution < -0.4 is 0 Å². The van der Waals surface area contributed by atoms with Crippen molar-refractivity contribution in [3.63, 3.8) is 0 Å². The fraction of sp³-hybridized carbons (Fsp3) is 0.150. The minimum absolute atomic E-state index is 0.0609. The Morgan fingerprint density at radius 3 is 2.71 bits per heavy atom. The molecule has 2 heterocycles. The highest BCUT2D eigenvalue weighted by Gasteiger charge is 2.13. The molecule has 0 atom stereocenters. The van der Waals surface area contributed by atoms with Gasteiger partial charge < -0.3 is 4.74 Å². The summed E-state index contributed by atoms with van der Waals surface area (Å²) in [5.74, 6) is -0.0509. The third kappa shape index (κ3) is 4.78. The van der Waals surface area contributed by atoms with E-state index < -0.39 is 10.9 Å². The summed E-state index contributed by atoms with van der Waals surface area (Å²) < 4.78 is 6.62. The lowest BCUT2D eigenvalue weighted by Crippen LogP contribution is -2.11. The van der Waals surface area contributed by atoms with Crippen molar-refractivity contribution in [2.24, 2.45) is 0 Å². The number of hydrogen-bond acceptors (Lipinski definition) is 8. The van der Waals surface area contributed by atoms with Crippen LogP contribution in [0.1, 0.15) is 16.9 Å². The first-order chi connectivity index (χ1) is 15.1. The number of esters is 1. The largest absolute Gasteiger partial charge is 0.461 e. The molecule has 0 spiro atoms. The van der Waals surface area contributed by atoms with Crippen LogP contribution in [0.3, 0.4) is 0 Å². The quantitative estimate of drug-likeness (QED) is 0.184. The molecule has 2 aromatic carbocycles. The zero-order chi connectivity index (χ0) is 21.6. The lowest BCUT2D eigenvalue weighted by molar-refractivity contribution is -0.384. The molecule has 2 aromatic heterocycles. The third-order valence-electron chi connectivity index (χ3n) is 4.32. The number of carbonyl (C=O) groups is 1. The van der Waals surface area contributed by atoms with Crippen LogP contribution in [0.15, 0.2) is 66.9 Å². The van der Waals surface area contributed by atoms with Gasteiger partial charge in [-0.25, -0.2) is 9.48 Å². The number of rotatable bonds is 8. The van der Waals surface area contributed by atoms with Gasteiger partial charge in [-0.05, 0) is 17.3 Å². The molecule has 4 rings (SSSR count). The number of aryl methyl sites for hydroxylation is 1. The second-order valence-corrected chi connectivity index (χ2v) is 6.49. The minimum atomic E-state index is -0.583. The third-order valence-corrected chi connectivity index (χ3v) is 4.32. The van der Waals surface area contributed by atoms with Crippen molar-refractivity contribution < 1.29 is 14.5 Å². The average molecular weight is 419 g/mol. The fourth-order valence-corrected chi connectivity index (χ4v) is 2.81. The summed E-state index contributed by atoms with van der Waals surface area (Å²) in [4.78, 5) is 24.1. The van der Waals surface area contributed by atoms with Gasteiger partial charge in [0.25, 0.3) is 5.69 Å². The van der Waals surface area contributed by atoms with Crippen LogP contribution >= 0.6 is 0 Å². The SMILES string of the molecule is O=C(OCCCn1nnc(-c2ccccc2)n1)c1ccn(-c2cccc([N+](=O)[O-])c2)n1. The minimum Gasteiger partial charge on any atom is -0.461 e. The summed E-state index contributed by atoms with van der Waals surface area (Å²) in [7, 11) is 0. The second-order valence-electron chi connectivity index (χ2n) is 6.49. The molecule has 0 fully saturated rings. The van der Waals surface area contributed by atoms with E-state index in [0.29, 0.717) is 24.5 Å². The van der Waals surface area contributed by atoms with Crippen LogP contribution in [0, 0.1) is 10.1 Å². The van der Waals surface area contributed by atoms with Crippen LogP contribution in [0.5, 0.6) is 0 Å². The molecule has 0 bridgehead atoms. The van der Waals surface area contributed by atoms with E-state index in [4.69, 9.17) is 4.74 Å². The second kappa shape index (κ2) is 8.95. The zero-order valence-corrected chi connectivity index (χ0v) is 16.2. The van der Waals surface area contributed by atoms with Gasteiger partial charge in [-0.2, -0.15) is 9.90 Å². The standard InChI is InChI=1S/C20H17N7O4/c28-20(18-10-12-25(22-18)16-8-4-9-17(14-16)27(29)30)31-13-5-11-26-23-19(21-24-26)15-6-2-1-3-7-15/h1-4,6-10,12,14H,5,11,13H2. The Hall–Kier alpha value is -4.41. The number of non-ortho nitro benzene ring substituents is 1.